The molecule has 1 atom stereocenters. The van der Waals surface area contributed by atoms with Crippen LogP contribution in [0.2, 0.25) is 0 Å². The average molecular weight is 284 g/mol. The van der Waals surface area contributed by atoms with Gasteiger partial charge in [0.25, 0.3) is 0 Å². The van der Waals surface area contributed by atoms with Crippen LogP contribution in [-0.4, -0.2) is 47.4 Å². The second kappa shape index (κ2) is 6.38. The monoisotopic (exact) mass is 284 g/mol. The normalized spacial score (nSPS) is 20.4. The Balaban J connectivity index is 2.09. The third-order valence-electron chi connectivity index (χ3n) is 3.15. The molecule has 19 heavy (non-hydrogen) atoms. The minimum absolute atomic E-state index is 0.0219. The first-order valence-electron chi connectivity index (χ1n) is 6.13. The number of hydrogen-bond donors (Lipinski definition) is 2. The lowest BCUT2D eigenvalue weighted by Gasteiger charge is -2.32. The molecule has 1 aromatic rings. The van der Waals surface area contributed by atoms with Gasteiger partial charge in [-0.1, -0.05) is 12.2 Å². The molecule has 0 radical (unpaired) electrons. The van der Waals surface area contributed by atoms with Crippen LogP contribution in [0.25, 0.3) is 0 Å². The van der Waals surface area contributed by atoms with E-state index in [9.17, 15) is 4.39 Å². The highest BCUT2D eigenvalue weighted by Crippen LogP contribution is 2.15. The number of morpholine rings is 1. The molecule has 0 aliphatic carbocycles. The highest BCUT2D eigenvalue weighted by molar-refractivity contribution is 7.80. The summed E-state index contributed by atoms with van der Waals surface area (Å²) >= 11 is 4.90. The fraction of sp³-hybridized carbons (Fsp3) is 0.462. The number of hydrogen-bond acceptors (Lipinski definition) is 4. The number of nitrogens with two attached hydrogens (primary N) is 1. The van der Waals surface area contributed by atoms with Crippen molar-refractivity contribution in [3.8, 4) is 0 Å². The lowest BCUT2D eigenvalue weighted by molar-refractivity contribution is -0.0553. The molecule has 0 aromatic heterocycles. The lowest BCUT2D eigenvalue weighted by atomic mass is 10.1. The Bertz CT molecular complexity index is 470. The Labute approximate surface area is 117 Å². The maximum atomic E-state index is 13.8. The Morgan fingerprint density at radius 1 is 1.58 bits per heavy atom. The standard InChI is InChI=1S/C13H17FN2O2S/c14-12-2-1-9(13(15)19)5-10(12)6-16-3-4-18-11(7-16)8-17/h1-2,5,11,17H,3-4,6-8H2,(H2,15,19). The number of halogens is 1. The van der Waals surface area contributed by atoms with Crippen LogP contribution in [0.4, 0.5) is 4.39 Å². The molecule has 1 unspecified atom stereocenters. The van der Waals surface area contributed by atoms with Gasteiger partial charge in [-0.2, -0.15) is 0 Å². The zero-order valence-electron chi connectivity index (χ0n) is 10.5. The zero-order chi connectivity index (χ0) is 13.8. The molecule has 1 heterocycles. The van der Waals surface area contributed by atoms with Crippen LogP contribution in [0.1, 0.15) is 11.1 Å². The smallest absolute Gasteiger partial charge is 0.127 e. The maximum Gasteiger partial charge on any atom is 0.127 e. The fourth-order valence-electron chi connectivity index (χ4n) is 2.12. The van der Waals surface area contributed by atoms with Crippen LogP contribution in [0.15, 0.2) is 18.2 Å². The van der Waals surface area contributed by atoms with Crippen molar-refractivity contribution in [1.82, 2.24) is 4.90 Å². The predicted molar refractivity (Wildman–Crippen MR) is 74.4 cm³/mol. The van der Waals surface area contributed by atoms with Crippen molar-refractivity contribution in [3.05, 3.63) is 35.1 Å². The number of rotatable bonds is 4. The molecule has 4 nitrogen and oxygen atoms in total. The van der Waals surface area contributed by atoms with Gasteiger partial charge in [-0.15, -0.1) is 0 Å². The van der Waals surface area contributed by atoms with E-state index in [1.54, 1.807) is 12.1 Å². The van der Waals surface area contributed by atoms with E-state index in [1.165, 1.54) is 6.07 Å². The van der Waals surface area contributed by atoms with E-state index in [1.807, 2.05) is 4.90 Å². The average Bonchev–Trinajstić information content (AvgIpc) is 2.41. The van der Waals surface area contributed by atoms with Crippen molar-refractivity contribution in [2.45, 2.75) is 12.6 Å². The van der Waals surface area contributed by atoms with Crippen molar-refractivity contribution < 1.29 is 14.2 Å². The summed E-state index contributed by atoms with van der Waals surface area (Å²) in [6, 6.07) is 4.64. The van der Waals surface area contributed by atoms with Crippen LogP contribution in [-0.2, 0) is 11.3 Å². The van der Waals surface area contributed by atoms with Gasteiger partial charge >= 0.3 is 0 Å². The fourth-order valence-corrected chi connectivity index (χ4v) is 2.25. The van der Waals surface area contributed by atoms with Gasteiger partial charge in [-0.3, -0.25) is 4.90 Å². The highest BCUT2D eigenvalue weighted by atomic mass is 32.1. The summed E-state index contributed by atoms with van der Waals surface area (Å²) < 4.78 is 19.1. The quantitative estimate of drug-likeness (QED) is 0.795. The molecular weight excluding hydrogens is 267 g/mol. The molecule has 2 rings (SSSR count). The summed E-state index contributed by atoms with van der Waals surface area (Å²) in [5.74, 6) is -0.271. The highest BCUT2D eigenvalue weighted by Gasteiger charge is 2.20. The minimum atomic E-state index is -0.271. The minimum Gasteiger partial charge on any atom is -0.394 e. The van der Waals surface area contributed by atoms with Crippen LogP contribution in [0.5, 0.6) is 0 Å². The summed E-state index contributed by atoms with van der Waals surface area (Å²) in [7, 11) is 0. The van der Waals surface area contributed by atoms with Gasteiger partial charge in [-0.05, 0) is 18.2 Å². The van der Waals surface area contributed by atoms with Crippen molar-refractivity contribution in [1.29, 1.82) is 0 Å². The van der Waals surface area contributed by atoms with Gasteiger partial charge in [0.2, 0.25) is 0 Å². The molecule has 0 bridgehead atoms. The van der Waals surface area contributed by atoms with Gasteiger partial charge in [-0.25, -0.2) is 4.39 Å². The van der Waals surface area contributed by atoms with Gasteiger partial charge in [0.05, 0.1) is 19.3 Å². The summed E-state index contributed by atoms with van der Waals surface area (Å²) in [4.78, 5) is 2.31. The van der Waals surface area contributed by atoms with Gasteiger partial charge in [0.1, 0.15) is 10.8 Å². The number of nitrogens with zero attached hydrogens (tertiary/aromatic N) is 1. The van der Waals surface area contributed by atoms with E-state index in [2.05, 4.69) is 0 Å². The van der Waals surface area contributed by atoms with E-state index >= 15 is 0 Å². The van der Waals surface area contributed by atoms with E-state index < -0.39 is 0 Å². The Morgan fingerprint density at radius 3 is 3.05 bits per heavy atom. The molecule has 0 amide bonds. The molecule has 3 N–H and O–H groups in total. The van der Waals surface area contributed by atoms with Crippen molar-refractivity contribution >= 4 is 17.2 Å². The largest absolute Gasteiger partial charge is 0.394 e. The molecule has 1 aliphatic rings. The number of thiocarbonyl (C=S) groups is 1. The maximum absolute atomic E-state index is 13.8. The molecule has 1 fully saturated rings. The predicted octanol–water partition coefficient (Wildman–Crippen LogP) is 0.653. The summed E-state index contributed by atoms with van der Waals surface area (Å²) in [5, 5.41) is 9.09. The third-order valence-corrected chi connectivity index (χ3v) is 3.39. The van der Waals surface area contributed by atoms with E-state index in [-0.39, 0.29) is 23.5 Å². The topological polar surface area (TPSA) is 58.7 Å². The number of aliphatic hydroxyl groups is 1. The molecule has 6 heteroatoms. The van der Waals surface area contributed by atoms with E-state index in [0.29, 0.717) is 37.4 Å². The molecule has 1 aliphatic heterocycles. The molecule has 0 spiro atoms. The Kier molecular flexibility index (Phi) is 4.81. The van der Waals surface area contributed by atoms with Crippen molar-refractivity contribution in [2.24, 2.45) is 5.73 Å². The molecule has 0 saturated carbocycles. The molecular formula is C13H17FN2O2S. The SMILES string of the molecule is NC(=S)c1ccc(F)c(CN2CCOC(CO)C2)c1. The number of benzene rings is 1. The second-order valence-electron chi connectivity index (χ2n) is 4.58. The molecule has 104 valence electrons. The first-order valence-corrected chi connectivity index (χ1v) is 6.54. The number of aliphatic hydroxyl groups excluding tert-OH is 1. The molecule has 1 saturated heterocycles. The van der Waals surface area contributed by atoms with Gasteiger partial charge in [0, 0.05) is 30.8 Å². The zero-order valence-corrected chi connectivity index (χ0v) is 11.3. The van der Waals surface area contributed by atoms with Crippen LogP contribution in [0.3, 0.4) is 0 Å². The third kappa shape index (κ3) is 3.70. The Hall–Kier alpha value is -1.08. The van der Waals surface area contributed by atoms with E-state index in [0.717, 1.165) is 0 Å². The van der Waals surface area contributed by atoms with Crippen molar-refractivity contribution in [3.63, 3.8) is 0 Å². The van der Waals surface area contributed by atoms with E-state index in [4.69, 9.17) is 27.8 Å². The van der Waals surface area contributed by atoms with Crippen molar-refractivity contribution in [2.75, 3.05) is 26.3 Å². The lowest BCUT2D eigenvalue weighted by Crippen LogP contribution is -2.43. The summed E-state index contributed by atoms with van der Waals surface area (Å²) in [5.41, 5.74) is 6.78. The summed E-state index contributed by atoms with van der Waals surface area (Å²) in [6.07, 6.45) is -0.199. The van der Waals surface area contributed by atoms with Crippen LogP contribution >= 0.6 is 12.2 Å². The van der Waals surface area contributed by atoms with Crippen LogP contribution in [0, 0.1) is 5.82 Å². The second-order valence-corrected chi connectivity index (χ2v) is 5.02. The number of ether oxygens (including phenoxy) is 1. The summed E-state index contributed by atoms with van der Waals surface area (Å²) in [6.45, 7) is 2.29. The first kappa shape index (κ1) is 14.3. The van der Waals surface area contributed by atoms with Gasteiger partial charge in [0.15, 0.2) is 0 Å². The molecule has 1 aromatic carbocycles. The first-order chi connectivity index (χ1) is 9.10. The Morgan fingerprint density at radius 2 is 2.37 bits per heavy atom. The van der Waals surface area contributed by atoms with Gasteiger partial charge < -0.3 is 15.6 Å². The van der Waals surface area contributed by atoms with Crippen LogP contribution < -0.4 is 5.73 Å².